The molecule has 2 rings (SSSR count). The van der Waals surface area contributed by atoms with Gasteiger partial charge in [0.15, 0.2) is 0 Å². The van der Waals surface area contributed by atoms with Crippen LogP contribution in [0.4, 0.5) is 0 Å². The van der Waals surface area contributed by atoms with E-state index < -0.39 is 0 Å². The Morgan fingerprint density at radius 1 is 1.38 bits per heavy atom. The normalized spacial score (nSPS) is 11.3. The van der Waals surface area contributed by atoms with Gasteiger partial charge in [-0.15, -0.1) is 0 Å². The van der Waals surface area contributed by atoms with E-state index in [4.69, 9.17) is 9.52 Å². The van der Waals surface area contributed by atoms with Crippen molar-refractivity contribution in [1.82, 2.24) is 5.32 Å². The monoisotopic (exact) mass is 283 g/mol. The zero-order valence-electron chi connectivity index (χ0n) is 11.8. The van der Waals surface area contributed by atoms with Crippen molar-refractivity contribution in [2.75, 3.05) is 6.61 Å². The molecule has 0 bridgehead atoms. The molecule has 21 heavy (non-hydrogen) atoms. The largest absolute Gasteiger partial charge is 0.469 e. The highest BCUT2D eigenvalue weighted by Crippen LogP contribution is 2.07. The first-order valence-electron chi connectivity index (χ1n) is 6.72. The fraction of sp³-hybridized carbons (Fsp3) is 0.235. The Labute approximate surface area is 123 Å². The molecule has 108 valence electrons. The molecule has 0 spiro atoms. The molecule has 0 aliphatic heterocycles. The summed E-state index contributed by atoms with van der Waals surface area (Å²) >= 11 is 0. The number of aliphatic hydroxyl groups is 1. The minimum Gasteiger partial charge on any atom is -0.469 e. The Balaban J connectivity index is 1.99. The van der Waals surface area contributed by atoms with Crippen LogP contribution >= 0.6 is 0 Å². The van der Waals surface area contributed by atoms with Gasteiger partial charge in [-0.05, 0) is 37.3 Å². The van der Waals surface area contributed by atoms with Gasteiger partial charge >= 0.3 is 0 Å². The highest BCUT2D eigenvalue weighted by atomic mass is 16.3. The number of carbonyl (C=O) groups excluding carboxylic acids is 1. The second-order valence-electron chi connectivity index (χ2n) is 4.70. The second-order valence-corrected chi connectivity index (χ2v) is 4.70. The Morgan fingerprint density at radius 3 is 2.95 bits per heavy atom. The van der Waals surface area contributed by atoms with Crippen molar-refractivity contribution in [2.45, 2.75) is 19.4 Å². The van der Waals surface area contributed by atoms with Gasteiger partial charge in [-0.3, -0.25) is 4.79 Å². The van der Waals surface area contributed by atoms with Crippen LogP contribution in [0, 0.1) is 11.8 Å². The standard InChI is InChI=1S/C17H17NO3/c1-13(11-16-8-4-10-21-16)18-17(20)15-7-2-5-14(12-15)6-3-9-19/h2,4-5,7-8,10,12-13,19H,9,11H2,1H3,(H,18,20). The number of nitrogens with one attached hydrogen (secondary N) is 1. The summed E-state index contributed by atoms with van der Waals surface area (Å²) in [6.45, 7) is 1.73. The third-order valence-electron chi connectivity index (χ3n) is 2.90. The van der Waals surface area contributed by atoms with Crippen molar-refractivity contribution >= 4 is 5.91 Å². The molecule has 2 N–H and O–H groups in total. The summed E-state index contributed by atoms with van der Waals surface area (Å²) in [6, 6.07) is 10.7. The lowest BCUT2D eigenvalue weighted by Gasteiger charge is -2.12. The third kappa shape index (κ3) is 4.51. The van der Waals surface area contributed by atoms with Gasteiger partial charge in [-0.1, -0.05) is 17.9 Å². The van der Waals surface area contributed by atoms with Gasteiger partial charge in [0.2, 0.25) is 0 Å². The molecule has 0 saturated carbocycles. The van der Waals surface area contributed by atoms with E-state index in [1.165, 1.54) is 0 Å². The predicted octanol–water partition coefficient (Wildman–Crippen LogP) is 1.98. The molecule has 0 aliphatic carbocycles. The lowest BCUT2D eigenvalue weighted by molar-refractivity contribution is 0.0939. The summed E-state index contributed by atoms with van der Waals surface area (Å²) < 4.78 is 5.26. The number of benzene rings is 1. The van der Waals surface area contributed by atoms with E-state index in [9.17, 15) is 4.79 Å². The molecule has 1 unspecified atom stereocenters. The zero-order chi connectivity index (χ0) is 15.1. The molecular formula is C17H17NO3. The van der Waals surface area contributed by atoms with Crippen molar-refractivity contribution in [2.24, 2.45) is 0 Å². The number of carbonyl (C=O) groups is 1. The Bertz CT molecular complexity index is 650. The van der Waals surface area contributed by atoms with Gasteiger partial charge < -0.3 is 14.8 Å². The average molecular weight is 283 g/mol. The zero-order valence-corrected chi connectivity index (χ0v) is 11.8. The Morgan fingerprint density at radius 2 is 2.24 bits per heavy atom. The van der Waals surface area contributed by atoms with Crippen LogP contribution < -0.4 is 5.32 Å². The van der Waals surface area contributed by atoms with Crippen molar-refractivity contribution in [3.05, 3.63) is 59.5 Å². The molecule has 0 radical (unpaired) electrons. The molecule has 4 heteroatoms. The minimum atomic E-state index is -0.198. The fourth-order valence-corrected chi connectivity index (χ4v) is 1.97. The second kappa shape index (κ2) is 7.32. The maximum atomic E-state index is 12.2. The highest BCUT2D eigenvalue weighted by molar-refractivity contribution is 5.94. The smallest absolute Gasteiger partial charge is 0.251 e. The summed E-state index contributed by atoms with van der Waals surface area (Å²) in [6.07, 6.45) is 2.26. The highest BCUT2D eigenvalue weighted by Gasteiger charge is 2.11. The van der Waals surface area contributed by atoms with Crippen LogP contribution in [-0.4, -0.2) is 23.7 Å². The lowest BCUT2D eigenvalue weighted by Crippen LogP contribution is -2.34. The lowest BCUT2D eigenvalue weighted by atomic mass is 10.1. The van der Waals surface area contributed by atoms with E-state index in [1.807, 2.05) is 19.1 Å². The van der Waals surface area contributed by atoms with Crippen LogP contribution in [0.1, 0.15) is 28.6 Å². The number of hydrogen-bond donors (Lipinski definition) is 2. The van der Waals surface area contributed by atoms with E-state index in [0.717, 1.165) is 5.76 Å². The van der Waals surface area contributed by atoms with Crippen molar-refractivity contribution in [3.63, 3.8) is 0 Å². The van der Waals surface area contributed by atoms with Crippen LogP contribution in [0.3, 0.4) is 0 Å². The van der Waals surface area contributed by atoms with E-state index >= 15 is 0 Å². The number of hydrogen-bond acceptors (Lipinski definition) is 3. The molecule has 4 nitrogen and oxygen atoms in total. The molecule has 1 heterocycles. The van der Waals surface area contributed by atoms with Crippen molar-refractivity contribution < 1.29 is 14.3 Å². The van der Waals surface area contributed by atoms with E-state index in [0.29, 0.717) is 17.5 Å². The fourth-order valence-electron chi connectivity index (χ4n) is 1.97. The van der Waals surface area contributed by atoms with Crippen LogP contribution in [0.2, 0.25) is 0 Å². The Hall–Kier alpha value is -2.51. The predicted molar refractivity (Wildman–Crippen MR) is 79.7 cm³/mol. The van der Waals surface area contributed by atoms with Crippen LogP contribution in [0.5, 0.6) is 0 Å². The van der Waals surface area contributed by atoms with Crippen molar-refractivity contribution in [1.29, 1.82) is 0 Å². The number of rotatable bonds is 4. The van der Waals surface area contributed by atoms with E-state index in [2.05, 4.69) is 17.2 Å². The maximum absolute atomic E-state index is 12.2. The van der Waals surface area contributed by atoms with Gasteiger partial charge in [-0.25, -0.2) is 0 Å². The van der Waals surface area contributed by atoms with Crippen LogP contribution in [0.15, 0.2) is 47.1 Å². The number of furan rings is 1. The molecule has 0 fully saturated rings. The van der Waals surface area contributed by atoms with E-state index in [-0.39, 0.29) is 18.6 Å². The van der Waals surface area contributed by atoms with Gasteiger partial charge in [0, 0.05) is 23.6 Å². The Kier molecular flexibility index (Phi) is 5.19. The molecule has 1 aromatic carbocycles. The topological polar surface area (TPSA) is 62.5 Å². The third-order valence-corrected chi connectivity index (χ3v) is 2.90. The molecule has 0 saturated heterocycles. The van der Waals surface area contributed by atoms with Gasteiger partial charge in [0.05, 0.1) is 6.26 Å². The number of aliphatic hydroxyl groups excluding tert-OH is 1. The maximum Gasteiger partial charge on any atom is 0.251 e. The average Bonchev–Trinajstić information content (AvgIpc) is 2.98. The van der Waals surface area contributed by atoms with Crippen molar-refractivity contribution in [3.8, 4) is 11.8 Å². The first-order valence-corrected chi connectivity index (χ1v) is 6.72. The quantitative estimate of drug-likeness (QED) is 0.843. The van der Waals surface area contributed by atoms with Gasteiger partial charge in [0.25, 0.3) is 5.91 Å². The molecule has 2 aromatic rings. The summed E-state index contributed by atoms with van der Waals surface area (Å²) in [4.78, 5) is 12.2. The van der Waals surface area contributed by atoms with E-state index in [1.54, 1.807) is 30.5 Å². The van der Waals surface area contributed by atoms with Gasteiger partial charge in [0.1, 0.15) is 12.4 Å². The number of amides is 1. The SMILES string of the molecule is CC(Cc1ccco1)NC(=O)c1cccc(C#CCO)c1. The summed E-state index contributed by atoms with van der Waals surface area (Å²) in [5, 5.41) is 11.6. The molecule has 1 amide bonds. The minimum absolute atomic E-state index is 0.0316. The summed E-state index contributed by atoms with van der Waals surface area (Å²) in [7, 11) is 0. The molecule has 0 aliphatic rings. The first kappa shape index (κ1) is 14.9. The van der Waals surface area contributed by atoms with Crippen LogP contribution in [0.25, 0.3) is 0 Å². The summed E-state index contributed by atoms with van der Waals surface area (Å²) in [5.74, 6) is 6.03. The summed E-state index contributed by atoms with van der Waals surface area (Å²) in [5.41, 5.74) is 1.25. The molecular weight excluding hydrogens is 266 g/mol. The molecule has 1 atom stereocenters. The first-order chi connectivity index (χ1) is 10.2. The van der Waals surface area contributed by atoms with Crippen LogP contribution in [-0.2, 0) is 6.42 Å². The molecule has 1 aromatic heterocycles. The van der Waals surface area contributed by atoms with Gasteiger partial charge in [-0.2, -0.15) is 0 Å².